The van der Waals surface area contributed by atoms with Gasteiger partial charge in [-0.25, -0.2) is 4.68 Å². The van der Waals surface area contributed by atoms with Crippen molar-refractivity contribution in [3.8, 4) is 0 Å². The summed E-state index contributed by atoms with van der Waals surface area (Å²) in [5.41, 5.74) is 8.25. The molecule has 0 aliphatic heterocycles. The maximum Gasteiger partial charge on any atom is 0.133 e. The van der Waals surface area contributed by atoms with Crippen molar-refractivity contribution >= 4 is 5.69 Å². The Morgan fingerprint density at radius 3 is 3.00 bits per heavy atom. The third-order valence-electron chi connectivity index (χ3n) is 3.47. The van der Waals surface area contributed by atoms with Gasteiger partial charge in [0.25, 0.3) is 0 Å². The van der Waals surface area contributed by atoms with Gasteiger partial charge in [-0.05, 0) is 36.1 Å². The van der Waals surface area contributed by atoms with Crippen LogP contribution in [-0.4, -0.2) is 20.1 Å². The van der Waals surface area contributed by atoms with Crippen LogP contribution in [0.2, 0.25) is 0 Å². The predicted molar refractivity (Wildman–Crippen MR) is 63.2 cm³/mol. The summed E-state index contributed by atoms with van der Waals surface area (Å²) in [6, 6.07) is 5.64. The monoisotopic (exact) mass is 230 g/mol. The fourth-order valence-corrected chi connectivity index (χ4v) is 2.60. The lowest BCUT2D eigenvalue weighted by atomic mass is 9.92. The summed E-state index contributed by atoms with van der Waals surface area (Å²) in [6.07, 6.45) is 3.08. The molecular weight excluding hydrogens is 216 g/mol. The van der Waals surface area contributed by atoms with Crippen molar-refractivity contribution in [2.75, 3.05) is 5.73 Å². The summed E-state index contributed by atoms with van der Waals surface area (Å²) >= 11 is 0. The minimum Gasteiger partial charge on any atom is -0.399 e. The molecule has 88 valence electrons. The van der Waals surface area contributed by atoms with E-state index in [2.05, 4.69) is 10.3 Å². The van der Waals surface area contributed by atoms with Crippen LogP contribution < -0.4 is 5.73 Å². The van der Waals surface area contributed by atoms with Crippen molar-refractivity contribution in [3.05, 3.63) is 41.2 Å². The standard InChI is InChI=1S/C12H14N4O/c1-16-11(7-14-15-16)12(17)5-4-8-6-9(13)2-3-10(8)12/h2-3,6-7,17H,4-5,13H2,1H3. The maximum atomic E-state index is 10.8. The largest absolute Gasteiger partial charge is 0.399 e. The van der Waals surface area contributed by atoms with Gasteiger partial charge in [-0.15, -0.1) is 5.10 Å². The van der Waals surface area contributed by atoms with Gasteiger partial charge in [0.2, 0.25) is 0 Å². The van der Waals surface area contributed by atoms with Crippen LogP contribution in [0.1, 0.15) is 23.2 Å². The molecule has 0 saturated carbocycles. The van der Waals surface area contributed by atoms with Crippen LogP contribution in [0.15, 0.2) is 24.4 Å². The van der Waals surface area contributed by atoms with Gasteiger partial charge in [-0.3, -0.25) is 0 Å². The predicted octanol–water partition coefficient (Wildman–Crippen LogP) is 0.579. The first kappa shape index (κ1) is 10.3. The molecule has 1 aromatic carbocycles. The van der Waals surface area contributed by atoms with Crippen molar-refractivity contribution in [1.29, 1.82) is 0 Å². The molecule has 1 aromatic heterocycles. The van der Waals surface area contributed by atoms with Crippen molar-refractivity contribution in [2.45, 2.75) is 18.4 Å². The zero-order valence-electron chi connectivity index (χ0n) is 9.59. The van der Waals surface area contributed by atoms with Crippen molar-refractivity contribution in [2.24, 2.45) is 7.05 Å². The molecule has 0 fully saturated rings. The molecule has 0 spiro atoms. The molecule has 0 bridgehead atoms. The van der Waals surface area contributed by atoms with Crippen LogP contribution >= 0.6 is 0 Å². The van der Waals surface area contributed by atoms with Gasteiger partial charge in [-0.2, -0.15) is 0 Å². The van der Waals surface area contributed by atoms with E-state index in [-0.39, 0.29) is 0 Å². The lowest BCUT2D eigenvalue weighted by molar-refractivity contribution is 0.0740. The SMILES string of the molecule is Cn1nncc1C1(O)CCc2cc(N)ccc21. The third-order valence-corrected chi connectivity index (χ3v) is 3.47. The number of hydrogen-bond acceptors (Lipinski definition) is 4. The first-order valence-corrected chi connectivity index (χ1v) is 5.58. The van der Waals surface area contributed by atoms with E-state index in [9.17, 15) is 5.11 Å². The Kier molecular flexibility index (Phi) is 2.00. The summed E-state index contributed by atoms with van der Waals surface area (Å²) in [4.78, 5) is 0. The third kappa shape index (κ3) is 1.36. The Labute approximate surface area is 98.9 Å². The van der Waals surface area contributed by atoms with Gasteiger partial charge in [0.1, 0.15) is 5.60 Å². The van der Waals surface area contributed by atoms with Gasteiger partial charge in [0, 0.05) is 12.7 Å². The number of nitrogens with zero attached hydrogens (tertiary/aromatic N) is 3. The van der Waals surface area contributed by atoms with E-state index in [4.69, 9.17) is 5.73 Å². The summed E-state index contributed by atoms with van der Waals surface area (Å²) in [6.45, 7) is 0. The molecule has 1 aliphatic rings. The van der Waals surface area contributed by atoms with E-state index < -0.39 is 5.60 Å². The van der Waals surface area contributed by atoms with Crippen LogP contribution in [-0.2, 0) is 19.1 Å². The lowest BCUT2D eigenvalue weighted by Crippen LogP contribution is -2.27. The lowest BCUT2D eigenvalue weighted by Gasteiger charge is -2.23. The van der Waals surface area contributed by atoms with Crippen LogP contribution in [0.5, 0.6) is 0 Å². The summed E-state index contributed by atoms with van der Waals surface area (Å²) in [5, 5.41) is 18.5. The van der Waals surface area contributed by atoms with Crippen molar-refractivity contribution in [3.63, 3.8) is 0 Å². The molecule has 1 aliphatic carbocycles. The van der Waals surface area contributed by atoms with Gasteiger partial charge in [0.15, 0.2) is 0 Å². The summed E-state index contributed by atoms with van der Waals surface area (Å²) < 4.78 is 1.62. The highest BCUT2D eigenvalue weighted by Crippen LogP contribution is 2.41. The molecule has 17 heavy (non-hydrogen) atoms. The number of benzene rings is 1. The molecule has 5 heteroatoms. The molecule has 1 heterocycles. The number of rotatable bonds is 1. The Balaban J connectivity index is 2.17. The summed E-state index contributed by atoms with van der Waals surface area (Å²) in [5.74, 6) is 0. The average molecular weight is 230 g/mol. The molecule has 0 amide bonds. The maximum absolute atomic E-state index is 10.8. The molecule has 3 rings (SSSR count). The van der Waals surface area contributed by atoms with Crippen LogP contribution in [0.4, 0.5) is 5.69 Å². The molecule has 0 saturated heterocycles. The molecule has 1 unspecified atom stereocenters. The van der Waals surface area contributed by atoms with E-state index in [0.29, 0.717) is 6.42 Å². The first-order chi connectivity index (χ1) is 8.11. The zero-order valence-corrected chi connectivity index (χ0v) is 9.59. The Hall–Kier alpha value is -1.88. The number of nitrogens with two attached hydrogens (primary N) is 1. The quantitative estimate of drug-likeness (QED) is 0.702. The highest BCUT2D eigenvalue weighted by Gasteiger charge is 2.40. The number of aliphatic hydroxyl groups is 1. The number of anilines is 1. The molecule has 1 atom stereocenters. The Morgan fingerprint density at radius 1 is 1.47 bits per heavy atom. The van der Waals surface area contributed by atoms with Gasteiger partial charge in [0.05, 0.1) is 11.9 Å². The van der Waals surface area contributed by atoms with E-state index in [1.807, 2.05) is 18.2 Å². The highest BCUT2D eigenvalue weighted by molar-refractivity contribution is 5.51. The van der Waals surface area contributed by atoms with Crippen molar-refractivity contribution in [1.82, 2.24) is 15.0 Å². The summed E-state index contributed by atoms with van der Waals surface area (Å²) in [7, 11) is 1.79. The smallest absolute Gasteiger partial charge is 0.133 e. The number of fused-ring (bicyclic) bond motifs is 1. The molecular formula is C12H14N4O. The van der Waals surface area contributed by atoms with Gasteiger partial charge < -0.3 is 10.8 Å². The van der Waals surface area contributed by atoms with Crippen LogP contribution in [0.3, 0.4) is 0 Å². The van der Waals surface area contributed by atoms with E-state index >= 15 is 0 Å². The Bertz CT molecular complexity index is 578. The second-order valence-corrected chi connectivity index (χ2v) is 4.52. The zero-order chi connectivity index (χ0) is 12.0. The van der Waals surface area contributed by atoms with E-state index in [0.717, 1.165) is 28.9 Å². The topological polar surface area (TPSA) is 77.0 Å². The number of hydrogen-bond donors (Lipinski definition) is 2. The second-order valence-electron chi connectivity index (χ2n) is 4.52. The molecule has 5 nitrogen and oxygen atoms in total. The minimum atomic E-state index is -0.985. The Morgan fingerprint density at radius 2 is 2.29 bits per heavy atom. The highest BCUT2D eigenvalue weighted by atomic mass is 16.3. The number of nitrogen functional groups attached to an aromatic ring is 1. The van der Waals surface area contributed by atoms with E-state index in [1.54, 1.807) is 17.9 Å². The van der Waals surface area contributed by atoms with Crippen LogP contribution in [0, 0.1) is 0 Å². The number of aromatic nitrogens is 3. The number of aryl methyl sites for hydroxylation is 2. The second kappa shape index (κ2) is 3.30. The minimum absolute atomic E-state index is 0.646. The van der Waals surface area contributed by atoms with Crippen molar-refractivity contribution < 1.29 is 5.11 Å². The fraction of sp³-hybridized carbons (Fsp3) is 0.333. The van der Waals surface area contributed by atoms with Gasteiger partial charge >= 0.3 is 0 Å². The first-order valence-electron chi connectivity index (χ1n) is 5.58. The van der Waals surface area contributed by atoms with Crippen LogP contribution in [0.25, 0.3) is 0 Å². The fourth-order valence-electron chi connectivity index (χ4n) is 2.60. The van der Waals surface area contributed by atoms with Gasteiger partial charge in [-0.1, -0.05) is 11.3 Å². The molecule has 0 radical (unpaired) electrons. The average Bonchev–Trinajstić information content (AvgIpc) is 2.85. The van der Waals surface area contributed by atoms with E-state index in [1.165, 1.54) is 0 Å². The molecule has 3 N–H and O–H groups in total. The molecule has 2 aromatic rings. The normalized spacial score (nSPS) is 22.7.